The van der Waals surface area contributed by atoms with E-state index in [9.17, 15) is 8.78 Å². The van der Waals surface area contributed by atoms with Gasteiger partial charge in [0.05, 0.1) is 0 Å². The minimum atomic E-state index is -0.817. The Morgan fingerprint density at radius 1 is 1.17 bits per heavy atom. The van der Waals surface area contributed by atoms with E-state index in [1.54, 1.807) is 6.07 Å². The van der Waals surface area contributed by atoms with E-state index in [1.165, 1.54) is 6.07 Å². The molecule has 0 saturated carbocycles. The summed E-state index contributed by atoms with van der Waals surface area (Å²) in [4.78, 5) is 0. The van der Waals surface area contributed by atoms with Crippen LogP contribution in [0.15, 0.2) is 18.2 Å². The number of hydrogen-bond donors (Lipinski definition) is 0. The highest BCUT2D eigenvalue weighted by Crippen LogP contribution is 2.22. The van der Waals surface area contributed by atoms with Crippen LogP contribution in [0.1, 0.15) is 19.4 Å². The first-order valence-electron chi connectivity index (χ1n) is 3.72. The van der Waals surface area contributed by atoms with Crippen LogP contribution in [0.25, 0.3) is 0 Å². The molecule has 0 fully saturated rings. The Morgan fingerprint density at radius 3 is 2.17 bits per heavy atom. The summed E-state index contributed by atoms with van der Waals surface area (Å²) in [5, 5.41) is 0. The second-order valence-corrected chi connectivity index (χ2v) is 3.51. The normalized spacial score (nSPS) is 11.8. The van der Waals surface area contributed by atoms with E-state index in [2.05, 4.69) is 6.92 Å². The third-order valence-corrected chi connectivity index (χ3v) is 1.70. The van der Waals surface area contributed by atoms with Crippen molar-refractivity contribution in [1.29, 1.82) is 0 Å². The molecule has 0 atom stereocenters. The van der Waals surface area contributed by atoms with Gasteiger partial charge in [-0.05, 0) is 30.0 Å². The molecule has 0 N–H and O–H groups in total. The van der Waals surface area contributed by atoms with Gasteiger partial charge in [-0.2, -0.15) is 0 Å². The molecule has 0 aliphatic carbocycles. The summed E-state index contributed by atoms with van der Waals surface area (Å²) in [5.41, 5.74) is 0.315. The second kappa shape index (κ2) is 2.85. The van der Waals surface area contributed by atoms with E-state index in [-0.39, 0.29) is 5.41 Å². The fraction of sp³-hybridized carbons (Fsp3) is 0.300. The van der Waals surface area contributed by atoms with Crippen LogP contribution >= 0.6 is 0 Å². The van der Waals surface area contributed by atoms with E-state index in [0.29, 0.717) is 5.56 Å². The Kier molecular flexibility index (Phi) is 2.18. The first-order valence-corrected chi connectivity index (χ1v) is 3.72. The van der Waals surface area contributed by atoms with Gasteiger partial charge in [-0.3, -0.25) is 0 Å². The summed E-state index contributed by atoms with van der Waals surface area (Å²) in [7, 11) is 0. The maximum atomic E-state index is 12.7. The van der Waals surface area contributed by atoms with Crippen molar-refractivity contribution in [3.05, 3.63) is 42.3 Å². The lowest BCUT2D eigenvalue weighted by Gasteiger charge is -2.18. The predicted octanol–water partition coefficient (Wildman–Crippen LogP) is 3.08. The summed E-state index contributed by atoms with van der Waals surface area (Å²) in [6.07, 6.45) is 0. The first kappa shape index (κ1) is 9.17. The largest absolute Gasteiger partial charge is 0.204 e. The SMILES string of the molecule is [CH2]C(C)(C)c1ccc(F)c(F)c1. The van der Waals surface area contributed by atoms with Crippen molar-refractivity contribution in [3.63, 3.8) is 0 Å². The van der Waals surface area contributed by atoms with Crippen molar-refractivity contribution in [1.82, 2.24) is 0 Å². The molecular weight excluding hydrogens is 158 g/mol. The average Bonchev–Trinajstić information content (AvgIpc) is 1.92. The Morgan fingerprint density at radius 2 is 1.75 bits per heavy atom. The monoisotopic (exact) mass is 169 g/mol. The quantitative estimate of drug-likeness (QED) is 0.606. The van der Waals surface area contributed by atoms with Crippen LogP contribution in [0.5, 0.6) is 0 Å². The van der Waals surface area contributed by atoms with Gasteiger partial charge in [-0.25, -0.2) is 8.78 Å². The second-order valence-electron chi connectivity index (χ2n) is 3.51. The van der Waals surface area contributed by atoms with Crippen LogP contribution in [0, 0.1) is 18.6 Å². The van der Waals surface area contributed by atoms with Crippen molar-refractivity contribution in [2.45, 2.75) is 19.3 Å². The Balaban J connectivity index is 3.14. The molecule has 1 rings (SSSR count). The molecule has 0 saturated heterocycles. The van der Waals surface area contributed by atoms with Gasteiger partial charge in [0.15, 0.2) is 11.6 Å². The fourth-order valence-corrected chi connectivity index (χ4v) is 0.917. The highest BCUT2D eigenvalue weighted by atomic mass is 19.2. The van der Waals surface area contributed by atoms with E-state index < -0.39 is 11.6 Å². The summed E-state index contributed by atoms with van der Waals surface area (Å²) in [5.74, 6) is -1.63. The van der Waals surface area contributed by atoms with Crippen molar-refractivity contribution in [2.75, 3.05) is 0 Å². The van der Waals surface area contributed by atoms with E-state index >= 15 is 0 Å². The number of hydrogen-bond acceptors (Lipinski definition) is 0. The Bertz CT molecular complexity index is 284. The van der Waals surface area contributed by atoms with Crippen LogP contribution in [0.2, 0.25) is 0 Å². The predicted molar refractivity (Wildman–Crippen MR) is 44.7 cm³/mol. The molecule has 0 bridgehead atoms. The van der Waals surface area contributed by atoms with Crippen molar-refractivity contribution >= 4 is 0 Å². The lowest BCUT2D eigenvalue weighted by molar-refractivity contribution is 0.503. The smallest absolute Gasteiger partial charge is 0.159 e. The number of halogens is 2. The standard InChI is InChI=1S/C10H11F2/c1-10(2,3)7-4-5-8(11)9(12)6-7/h4-6H,1H2,2-3H3. The Labute approximate surface area is 71.2 Å². The zero-order valence-corrected chi connectivity index (χ0v) is 7.20. The fourth-order valence-electron chi connectivity index (χ4n) is 0.917. The maximum absolute atomic E-state index is 12.7. The van der Waals surface area contributed by atoms with Crippen LogP contribution in [0.4, 0.5) is 8.78 Å². The molecule has 0 amide bonds. The number of rotatable bonds is 1. The van der Waals surface area contributed by atoms with Gasteiger partial charge in [0.1, 0.15) is 0 Å². The third-order valence-electron chi connectivity index (χ3n) is 1.70. The highest BCUT2D eigenvalue weighted by molar-refractivity contribution is 5.26. The Hall–Kier alpha value is -0.920. The van der Waals surface area contributed by atoms with Crippen molar-refractivity contribution in [2.24, 2.45) is 0 Å². The summed E-state index contributed by atoms with van der Waals surface area (Å²) < 4.78 is 25.2. The lowest BCUT2D eigenvalue weighted by atomic mass is 9.87. The van der Waals surface area contributed by atoms with Gasteiger partial charge in [0.25, 0.3) is 0 Å². The summed E-state index contributed by atoms with van der Waals surface area (Å²) in [6, 6.07) is 3.85. The van der Waals surface area contributed by atoms with Gasteiger partial charge in [0.2, 0.25) is 0 Å². The molecule has 12 heavy (non-hydrogen) atoms. The van der Waals surface area contributed by atoms with Crippen molar-refractivity contribution < 1.29 is 8.78 Å². The topological polar surface area (TPSA) is 0 Å². The molecule has 0 unspecified atom stereocenters. The van der Waals surface area contributed by atoms with Crippen LogP contribution < -0.4 is 0 Å². The lowest BCUT2D eigenvalue weighted by Crippen LogP contribution is -2.11. The zero-order chi connectivity index (χ0) is 9.35. The molecule has 65 valence electrons. The minimum Gasteiger partial charge on any atom is -0.204 e. The molecule has 2 heteroatoms. The van der Waals surface area contributed by atoms with E-state index in [1.807, 2.05) is 13.8 Å². The number of benzene rings is 1. The van der Waals surface area contributed by atoms with Gasteiger partial charge < -0.3 is 0 Å². The van der Waals surface area contributed by atoms with Gasteiger partial charge in [-0.1, -0.05) is 19.9 Å². The van der Waals surface area contributed by atoms with Crippen LogP contribution in [0.3, 0.4) is 0 Å². The molecule has 1 aromatic carbocycles. The molecule has 1 radical (unpaired) electrons. The molecular formula is C10H11F2. The highest BCUT2D eigenvalue weighted by Gasteiger charge is 2.15. The molecule has 0 spiro atoms. The third kappa shape index (κ3) is 1.81. The van der Waals surface area contributed by atoms with Crippen LogP contribution in [-0.2, 0) is 5.41 Å². The molecule has 0 heterocycles. The maximum Gasteiger partial charge on any atom is 0.159 e. The van der Waals surface area contributed by atoms with Crippen LogP contribution in [-0.4, -0.2) is 0 Å². The zero-order valence-electron chi connectivity index (χ0n) is 7.20. The minimum absolute atomic E-state index is 0.380. The molecule has 0 aromatic heterocycles. The van der Waals surface area contributed by atoms with E-state index in [4.69, 9.17) is 0 Å². The van der Waals surface area contributed by atoms with Gasteiger partial charge >= 0.3 is 0 Å². The molecule has 1 aromatic rings. The molecule has 0 aliphatic rings. The van der Waals surface area contributed by atoms with E-state index in [0.717, 1.165) is 6.07 Å². The summed E-state index contributed by atoms with van der Waals surface area (Å²) in [6.45, 7) is 7.52. The molecule has 0 nitrogen and oxygen atoms in total. The summed E-state index contributed by atoms with van der Waals surface area (Å²) >= 11 is 0. The van der Waals surface area contributed by atoms with Gasteiger partial charge in [0, 0.05) is 0 Å². The molecule has 0 aliphatic heterocycles. The first-order chi connectivity index (χ1) is 5.41. The van der Waals surface area contributed by atoms with Crippen molar-refractivity contribution in [3.8, 4) is 0 Å². The van der Waals surface area contributed by atoms with Gasteiger partial charge in [-0.15, -0.1) is 0 Å². The average molecular weight is 169 g/mol.